The van der Waals surface area contributed by atoms with Crippen LogP contribution in [0, 0.1) is 0 Å². The van der Waals surface area contributed by atoms with Gasteiger partial charge in [0.15, 0.2) is 5.65 Å². The van der Waals surface area contributed by atoms with E-state index in [-0.39, 0.29) is 0 Å². The van der Waals surface area contributed by atoms with Gasteiger partial charge in [0.25, 0.3) is 0 Å². The zero-order valence-corrected chi connectivity index (χ0v) is 11.4. The number of hydrogen-bond donors (Lipinski definition) is 0. The lowest BCUT2D eigenvalue weighted by molar-refractivity contribution is 0.0357. The van der Waals surface area contributed by atoms with E-state index in [1.54, 1.807) is 10.7 Å². The van der Waals surface area contributed by atoms with E-state index in [1.165, 1.54) is 0 Å². The largest absolute Gasteiger partial charge is 0.477 e. The minimum Gasteiger partial charge on any atom is -0.477 e. The summed E-state index contributed by atoms with van der Waals surface area (Å²) in [6.07, 6.45) is 2.56. The summed E-state index contributed by atoms with van der Waals surface area (Å²) in [5.74, 6) is 0.573. The van der Waals surface area contributed by atoms with Crippen molar-refractivity contribution in [2.75, 3.05) is 39.5 Å². The lowest BCUT2D eigenvalue weighted by atomic mass is 10.1. The summed E-state index contributed by atoms with van der Waals surface area (Å²) in [6, 6.07) is 3.66. The molecule has 3 rings (SSSR count). The highest BCUT2D eigenvalue weighted by Gasteiger charge is 2.09. The molecule has 2 aromatic rings. The van der Waals surface area contributed by atoms with Gasteiger partial charge in [-0.05, 0) is 12.5 Å². The fourth-order valence-corrected chi connectivity index (χ4v) is 2.24. The van der Waals surface area contributed by atoms with Crippen molar-refractivity contribution in [3.05, 3.63) is 18.3 Å². The molecule has 1 aliphatic rings. The second kappa shape index (κ2) is 6.24. The summed E-state index contributed by atoms with van der Waals surface area (Å²) >= 11 is 0. The standard InChI is InChI=1S/C13H17BN4O2/c14-11-10-15-12-2-3-13(16-18(11)12)20-7-1-4-17-5-8-19-9-6-17/h2-3,10H,1,4-9H2. The van der Waals surface area contributed by atoms with Crippen molar-refractivity contribution in [1.29, 1.82) is 0 Å². The first-order chi connectivity index (χ1) is 9.83. The van der Waals surface area contributed by atoms with Gasteiger partial charge in [-0.1, -0.05) is 0 Å². The van der Waals surface area contributed by atoms with Gasteiger partial charge in [-0.2, -0.15) is 0 Å². The Kier molecular flexibility index (Phi) is 4.18. The maximum absolute atomic E-state index is 5.76. The number of rotatable bonds is 5. The Morgan fingerprint density at radius 2 is 2.15 bits per heavy atom. The van der Waals surface area contributed by atoms with Crippen LogP contribution >= 0.6 is 0 Å². The van der Waals surface area contributed by atoms with Crippen LogP contribution in [0.2, 0.25) is 0 Å². The molecule has 0 bridgehead atoms. The van der Waals surface area contributed by atoms with Gasteiger partial charge in [-0.15, -0.1) is 5.10 Å². The Balaban J connectivity index is 1.48. The van der Waals surface area contributed by atoms with Crippen LogP contribution in [0.25, 0.3) is 5.65 Å². The minimum absolute atomic E-state index is 0.513. The molecule has 2 aromatic heterocycles. The average Bonchev–Trinajstić information content (AvgIpc) is 2.86. The van der Waals surface area contributed by atoms with Gasteiger partial charge >= 0.3 is 0 Å². The zero-order valence-electron chi connectivity index (χ0n) is 11.4. The smallest absolute Gasteiger partial charge is 0.231 e. The molecule has 0 unspecified atom stereocenters. The second-order valence-electron chi connectivity index (χ2n) is 4.78. The van der Waals surface area contributed by atoms with Crippen LogP contribution < -0.4 is 10.3 Å². The summed E-state index contributed by atoms with van der Waals surface area (Å²) in [7, 11) is 5.76. The van der Waals surface area contributed by atoms with E-state index in [9.17, 15) is 0 Å². The first-order valence-electron chi connectivity index (χ1n) is 6.86. The highest BCUT2D eigenvalue weighted by molar-refractivity contribution is 6.30. The summed E-state index contributed by atoms with van der Waals surface area (Å²) in [6.45, 7) is 5.35. The van der Waals surface area contributed by atoms with Gasteiger partial charge in [0.2, 0.25) is 5.88 Å². The number of ether oxygens (including phenoxy) is 2. The number of morpholine rings is 1. The monoisotopic (exact) mass is 272 g/mol. The Labute approximate surface area is 119 Å². The molecule has 3 heterocycles. The van der Waals surface area contributed by atoms with Gasteiger partial charge < -0.3 is 9.47 Å². The van der Waals surface area contributed by atoms with E-state index in [0.717, 1.165) is 44.9 Å². The fourth-order valence-electron chi connectivity index (χ4n) is 2.24. The van der Waals surface area contributed by atoms with Crippen molar-refractivity contribution in [3.63, 3.8) is 0 Å². The SMILES string of the molecule is [B]c1cnc2ccc(OCCCN3CCOCC3)nn12. The van der Waals surface area contributed by atoms with Crippen LogP contribution in [0.15, 0.2) is 18.3 Å². The molecule has 0 saturated carbocycles. The Morgan fingerprint density at radius 3 is 3.00 bits per heavy atom. The van der Waals surface area contributed by atoms with Crippen molar-refractivity contribution in [1.82, 2.24) is 19.5 Å². The Bertz CT molecular complexity index is 568. The number of nitrogens with zero attached hydrogens (tertiary/aromatic N) is 4. The van der Waals surface area contributed by atoms with E-state index < -0.39 is 0 Å². The molecule has 20 heavy (non-hydrogen) atoms. The van der Waals surface area contributed by atoms with E-state index in [4.69, 9.17) is 17.3 Å². The molecule has 104 valence electrons. The van der Waals surface area contributed by atoms with E-state index in [0.29, 0.717) is 18.1 Å². The molecule has 1 fully saturated rings. The average molecular weight is 272 g/mol. The Morgan fingerprint density at radius 1 is 1.30 bits per heavy atom. The minimum atomic E-state index is 0.513. The summed E-state index contributed by atoms with van der Waals surface area (Å²) in [4.78, 5) is 6.50. The van der Waals surface area contributed by atoms with Gasteiger partial charge in [0.1, 0.15) is 7.85 Å². The predicted octanol–water partition coefficient (Wildman–Crippen LogP) is -0.376. The van der Waals surface area contributed by atoms with Crippen molar-refractivity contribution < 1.29 is 9.47 Å². The molecule has 1 saturated heterocycles. The maximum Gasteiger partial charge on any atom is 0.231 e. The lowest BCUT2D eigenvalue weighted by Gasteiger charge is -2.26. The van der Waals surface area contributed by atoms with Crippen molar-refractivity contribution >= 4 is 19.1 Å². The van der Waals surface area contributed by atoms with Crippen LogP contribution in [0.3, 0.4) is 0 Å². The van der Waals surface area contributed by atoms with Crippen LogP contribution in [-0.4, -0.2) is 66.8 Å². The normalized spacial score (nSPS) is 16.6. The molecule has 0 N–H and O–H groups in total. The molecule has 0 atom stereocenters. The summed E-state index contributed by atoms with van der Waals surface area (Å²) < 4.78 is 12.6. The maximum atomic E-state index is 5.76. The van der Waals surface area contributed by atoms with Crippen molar-refractivity contribution in [3.8, 4) is 5.88 Å². The summed E-state index contributed by atoms with van der Waals surface area (Å²) in [5.41, 5.74) is 1.24. The van der Waals surface area contributed by atoms with Gasteiger partial charge in [0.05, 0.1) is 19.8 Å². The van der Waals surface area contributed by atoms with E-state index in [2.05, 4.69) is 15.0 Å². The predicted molar refractivity (Wildman–Crippen MR) is 75.7 cm³/mol. The lowest BCUT2D eigenvalue weighted by Crippen LogP contribution is -2.37. The number of fused-ring (bicyclic) bond motifs is 1. The van der Waals surface area contributed by atoms with Gasteiger partial charge in [-0.25, -0.2) is 9.50 Å². The van der Waals surface area contributed by atoms with E-state index in [1.807, 2.05) is 12.1 Å². The number of aromatic nitrogens is 3. The van der Waals surface area contributed by atoms with Crippen LogP contribution in [-0.2, 0) is 4.74 Å². The Hall–Kier alpha value is -1.60. The fraction of sp³-hybridized carbons (Fsp3) is 0.538. The van der Waals surface area contributed by atoms with Crippen molar-refractivity contribution in [2.24, 2.45) is 0 Å². The van der Waals surface area contributed by atoms with E-state index >= 15 is 0 Å². The van der Waals surface area contributed by atoms with Crippen molar-refractivity contribution in [2.45, 2.75) is 6.42 Å². The topological polar surface area (TPSA) is 51.9 Å². The molecule has 0 spiro atoms. The molecule has 0 aromatic carbocycles. The molecular weight excluding hydrogens is 255 g/mol. The molecule has 7 heteroatoms. The molecule has 0 amide bonds. The molecule has 1 aliphatic heterocycles. The van der Waals surface area contributed by atoms with Crippen LogP contribution in [0.4, 0.5) is 0 Å². The first kappa shape index (κ1) is 13.4. The molecular formula is C13H17BN4O2. The number of hydrogen-bond acceptors (Lipinski definition) is 5. The highest BCUT2D eigenvalue weighted by atomic mass is 16.5. The third-order valence-corrected chi connectivity index (χ3v) is 3.34. The highest BCUT2D eigenvalue weighted by Crippen LogP contribution is 2.07. The molecule has 6 nitrogen and oxygen atoms in total. The first-order valence-corrected chi connectivity index (χ1v) is 6.86. The number of imidazole rings is 1. The quantitative estimate of drug-likeness (QED) is 0.549. The third-order valence-electron chi connectivity index (χ3n) is 3.34. The molecule has 2 radical (unpaired) electrons. The zero-order chi connectivity index (χ0) is 13.8. The summed E-state index contributed by atoms with van der Waals surface area (Å²) in [5, 5.41) is 4.29. The van der Waals surface area contributed by atoms with Crippen LogP contribution in [0.5, 0.6) is 5.88 Å². The van der Waals surface area contributed by atoms with Crippen LogP contribution in [0.1, 0.15) is 6.42 Å². The van der Waals surface area contributed by atoms with Gasteiger partial charge in [0, 0.05) is 37.5 Å². The molecule has 0 aliphatic carbocycles. The van der Waals surface area contributed by atoms with Gasteiger partial charge in [-0.3, -0.25) is 4.90 Å². The third kappa shape index (κ3) is 3.11. The second-order valence-corrected chi connectivity index (χ2v) is 4.78.